The molecule has 1 N–H and O–H groups in total. The Balaban J connectivity index is 2.50. The van der Waals surface area contributed by atoms with Crippen molar-refractivity contribution in [2.75, 3.05) is 7.05 Å². The van der Waals surface area contributed by atoms with Gasteiger partial charge in [0.2, 0.25) is 5.91 Å². The first-order chi connectivity index (χ1) is 9.53. The molecule has 0 aromatic carbocycles. The highest BCUT2D eigenvalue weighted by Gasteiger charge is 2.63. The summed E-state index contributed by atoms with van der Waals surface area (Å²) in [7, 11) is 1.88. The molecule has 0 radical (unpaired) electrons. The van der Waals surface area contributed by atoms with Crippen LogP contribution in [0, 0.1) is 23.2 Å². The van der Waals surface area contributed by atoms with E-state index in [0.717, 1.165) is 12.8 Å². The van der Waals surface area contributed by atoms with Gasteiger partial charge < -0.3 is 10.1 Å². The number of hydroxylamine groups is 2. The SMILES string of the molecule is CC(C)[C@@H]1CC[C@@H](C)C[C@@]12N(C)C(=O)[C@H](C(C)(C)C)N2O. The first-order valence-electron chi connectivity index (χ1n) is 8.29. The Morgan fingerprint density at radius 1 is 1.29 bits per heavy atom. The lowest BCUT2D eigenvalue weighted by Crippen LogP contribution is -2.62. The van der Waals surface area contributed by atoms with Crippen LogP contribution in [0.5, 0.6) is 0 Å². The fourth-order valence-corrected chi connectivity index (χ4v) is 4.57. The summed E-state index contributed by atoms with van der Waals surface area (Å²) in [5.74, 6) is 1.36. The number of hydrogen-bond acceptors (Lipinski definition) is 3. The molecule has 2 fully saturated rings. The molecule has 122 valence electrons. The van der Waals surface area contributed by atoms with Crippen LogP contribution in [0.3, 0.4) is 0 Å². The molecular formula is C17H32N2O2. The molecule has 4 atom stereocenters. The molecule has 1 heterocycles. The zero-order valence-corrected chi connectivity index (χ0v) is 14.7. The van der Waals surface area contributed by atoms with E-state index in [1.165, 1.54) is 11.5 Å². The summed E-state index contributed by atoms with van der Waals surface area (Å²) in [5, 5.41) is 12.5. The number of amides is 1. The largest absolute Gasteiger partial charge is 0.323 e. The first-order valence-corrected chi connectivity index (χ1v) is 8.29. The van der Waals surface area contributed by atoms with Crippen LogP contribution in [0.4, 0.5) is 0 Å². The Hall–Kier alpha value is -0.610. The van der Waals surface area contributed by atoms with Crippen LogP contribution in [-0.4, -0.2) is 39.8 Å². The molecule has 0 bridgehead atoms. The van der Waals surface area contributed by atoms with E-state index in [1.54, 1.807) is 0 Å². The van der Waals surface area contributed by atoms with Gasteiger partial charge in [-0.05, 0) is 30.1 Å². The Labute approximate surface area is 129 Å². The van der Waals surface area contributed by atoms with Crippen molar-refractivity contribution in [3.05, 3.63) is 0 Å². The average molecular weight is 296 g/mol. The molecule has 0 unspecified atom stereocenters. The fraction of sp³-hybridized carbons (Fsp3) is 0.941. The van der Waals surface area contributed by atoms with Crippen LogP contribution in [0.2, 0.25) is 0 Å². The molecule has 0 aromatic rings. The van der Waals surface area contributed by atoms with Gasteiger partial charge >= 0.3 is 0 Å². The molecule has 1 saturated carbocycles. The van der Waals surface area contributed by atoms with Gasteiger partial charge in [0.05, 0.1) is 0 Å². The van der Waals surface area contributed by atoms with Gasteiger partial charge in [0, 0.05) is 13.0 Å². The zero-order chi connectivity index (χ0) is 16.2. The van der Waals surface area contributed by atoms with Crippen LogP contribution in [0.25, 0.3) is 0 Å². The topological polar surface area (TPSA) is 43.8 Å². The summed E-state index contributed by atoms with van der Waals surface area (Å²) in [6.07, 6.45) is 3.12. The van der Waals surface area contributed by atoms with Crippen molar-refractivity contribution < 1.29 is 10.0 Å². The average Bonchev–Trinajstić information content (AvgIpc) is 2.51. The Kier molecular flexibility index (Phi) is 4.18. The molecule has 0 aromatic heterocycles. The van der Waals surface area contributed by atoms with Crippen molar-refractivity contribution in [3.63, 3.8) is 0 Å². The van der Waals surface area contributed by atoms with Gasteiger partial charge in [0.15, 0.2) is 0 Å². The quantitative estimate of drug-likeness (QED) is 0.807. The summed E-state index contributed by atoms with van der Waals surface area (Å²) in [6.45, 7) is 12.7. The van der Waals surface area contributed by atoms with Crippen molar-refractivity contribution in [3.8, 4) is 0 Å². The lowest BCUT2D eigenvalue weighted by Gasteiger charge is -2.52. The third-order valence-corrected chi connectivity index (χ3v) is 5.62. The maximum absolute atomic E-state index is 12.8. The van der Waals surface area contributed by atoms with Crippen LogP contribution in [-0.2, 0) is 4.79 Å². The molecule has 1 aliphatic heterocycles. The van der Waals surface area contributed by atoms with E-state index in [9.17, 15) is 10.0 Å². The van der Waals surface area contributed by atoms with E-state index >= 15 is 0 Å². The lowest BCUT2D eigenvalue weighted by molar-refractivity contribution is -0.252. The minimum atomic E-state index is -0.527. The van der Waals surface area contributed by atoms with Crippen LogP contribution >= 0.6 is 0 Å². The maximum Gasteiger partial charge on any atom is 0.244 e. The van der Waals surface area contributed by atoms with Crippen LogP contribution in [0.15, 0.2) is 0 Å². The normalized spacial score (nSPS) is 38.8. The smallest absolute Gasteiger partial charge is 0.244 e. The van der Waals surface area contributed by atoms with E-state index in [-0.39, 0.29) is 11.3 Å². The number of hydrogen-bond donors (Lipinski definition) is 1. The molecule has 4 heteroatoms. The minimum Gasteiger partial charge on any atom is -0.323 e. The van der Waals surface area contributed by atoms with E-state index in [1.807, 2.05) is 32.7 Å². The highest BCUT2D eigenvalue weighted by Crippen LogP contribution is 2.51. The van der Waals surface area contributed by atoms with Crippen molar-refractivity contribution in [1.82, 2.24) is 9.96 Å². The molecule has 1 aliphatic carbocycles. The molecule has 1 spiro atoms. The van der Waals surface area contributed by atoms with E-state index in [0.29, 0.717) is 17.8 Å². The maximum atomic E-state index is 12.8. The van der Waals surface area contributed by atoms with Gasteiger partial charge in [-0.1, -0.05) is 48.0 Å². The van der Waals surface area contributed by atoms with Gasteiger partial charge in [-0.3, -0.25) is 4.79 Å². The highest BCUT2D eigenvalue weighted by molar-refractivity contribution is 5.85. The summed E-state index contributed by atoms with van der Waals surface area (Å²) < 4.78 is 0. The van der Waals surface area contributed by atoms with Crippen molar-refractivity contribution in [1.29, 1.82) is 0 Å². The number of rotatable bonds is 1. The first kappa shape index (κ1) is 16.8. The zero-order valence-electron chi connectivity index (χ0n) is 14.7. The minimum absolute atomic E-state index is 0.0600. The molecule has 1 amide bonds. The van der Waals surface area contributed by atoms with Crippen LogP contribution < -0.4 is 0 Å². The van der Waals surface area contributed by atoms with Gasteiger partial charge in [-0.2, -0.15) is 5.06 Å². The molecule has 1 saturated heterocycles. The molecule has 4 nitrogen and oxygen atoms in total. The molecule has 21 heavy (non-hydrogen) atoms. The summed E-state index contributed by atoms with van der Waals surface area (Å²) in [4.78, 5) is 14.7. The second-order valence-corrected chi connectivity index (χ2v) is 8.63. The number of likely N-dealkylation sites (N-methyl/N-ethyl adjacent to an activating group) is 1. The predicted octanol–water partition coefficient (Wildman–Crippen LogP) is 3.35. The third-order valence-electron chi connectivity index (χ3n) is 5.62. The molecule has 2 rings (SSSR count). The Bertz CT molecular complexity index is 416. The third kappa shape index (κ3) is 2.40. The van der Waals surface area contributed by atoms with Gasteiger partial charge in [-0.25, -0.2) is 0 Å². The molecular weight excluding hydrogens is 264 g/mol. The summed E-state index contributed by atoms with van der Waals surface area (Å²) in [5.41, 5.74) is -0.799. The lowest BCUT2D eigenvalue weighted by atomic mass is 9.69. The highest BCUT2D eigenvalue weighted by atomic mass is 16.5. The van der Waals surface area contributed by atoms with Crippen molar-refractivity contribution in [2.45, 2.75) is 72.5 Å². The van der Waals surface area contributed by atoms with Gasteiger partial charge in [0.1, 0.15) is 11.7 Å². The number of nitrogens with zero attached hydrogens (tertiary/aromatic N) is 2. The standard InChI is InChI=1S/C17H32N2O2/c1-11(2)13-9-8-12(3)10-17(13)18(7)15(20)14(19(17)21)16(4,5)6/h11-14,21H,8-10H2,1-7H3/t12-,13+,14-,17+/m1/s1. The fourth-order valence-electron chi connectivity index (χ4n) is 4.57. The second-order valence-electron chi connectivity index (χ2n) is 8.63. The Morgan fingerprint density at radius 3 is 2.29 bits per heavy atom. The van der Waals surface area contributed by atoms with Gasteiger partial charge in [0.25, 0.3) is 0 Å². The van der Waals surface area contributed by atoms with Gasteiger partial charge in [-0.15, -0.1) is 0 Å². The van der Waals surface area contributed by atoms with Crippen molar-refractivity contribution >= 4 is 5.91 Å². The predicted molar refractivity (Wildman–Crippen MR) is 83.7 cm³/mol. The monoisotopic (exact) mass is 296 g/mol. The molecule has 2 aliphatic rings. The van der Waals surface area contributed by atoms with E-state index in [2.05, 4.69) is 20.8 Å². The second kappa shape index (κ2) is 5.24. The number of carbonyl (C=O) groups is 1. The van der Waals surface area contributed by atoms with E-state index in [4.69, 9.17) is 0 Å². The van der Waals surface area contributed by atoms with Crippen LogP contribution in [0.1, 0.15) is 60.8 Å². The van der Waals surface area contributed by atoms with Crippen molar-refractivity contribution in [2.24, 2.45) is 23.2 Å². The van der Waals surface area contributed by atoms with E-state index < -0.39 is 11.7 Å². The number of carbonyl (C=O) groups excluding carboxylic acids is 1. The summed E-state index contributed by atoms with van der Waals surface area (Å²) >= 11 is 0. The summed E-state index contributed by atoms with van der Waals surface area (Å²) in [6, 6.07) is -0.450. The Morgan fingerprint density at radius 2 is 1.86 bits per heavy atom.